The molecule has 0 saturated carbocycles. The van der Waals surface area contributed by atoms with Crippen molar-refractivity contribution in [1.29, 1.82) is 0 Å². The van der Waals surface area contributed by atoms with E-state index in [0.29, 0.717) is 0 Å². The molecule has 2 heterocycles. The summed E-state index contributed by atoms with van der Waals surface area (Å²) in [6.07, 6.45) is 4.61. The Hall–Kier alpha value is -1.36. The van der Waals surface area contributed by atoms with Gasteiger partial charge in [-0.1, -0.05) is 0 Å². The van der Waals surface area contributed by atoms with E-state index in [2.05, 4.69) is 25.3 Å². The van der Waals surface area contributed by atoms with Gasteiger partial charge in [0.1, 0.15) is 18.4 Å². The van der Waals surface area contributed by atoms with Gasteiger partial charge in [-0.25, -0.2) is 20.0 Å². The summed E-state index contributed by atoms with van der Waals surface area (Å²) in [5, 5.41) is 2.96. The molecule has 0 saturated heterocycles. The van der Waals surface area contributed by atoms with Gasteiger partial charge in [0.05, 0.1) is 6.21 Å². The van der Waals surface area contributed by atoms with E-state index in [9.17, 15) is 0 Å². The first-order valence-electron chi connectivity index (χ1n) is 3.25. The van der Waals surface area contributed by atoms with E-state index < -0.39 is 5.79 Å². The highest BCUT2D eigenvalue weighted by molar-refractivity contribution is 6.39. The van der Waals surface area contributed by atoms with E-state index >= 15 is 0 Å². The first kappa shape index (κ1) is 6.36. The second-order valence-electron chi connectivity index (χ2n) is 2.20. The predicted octanol–water partition coefficient (Wildman–Crippen LogP) is -0.545. The molecule has 0 aliphatic carbocycles. The monoisotopic (exact) mass is 149 g/mol. The summed E-state index contributed by atoms with van der Waals surface area (Å²) in [6, 6.07) is 0. The van der Waals surface area contributed by atoms with Crippen molar-refractivity contribution in [2.75, 3.05) is 7.05 Å². The smallest absolute Gasteiger partial charge is 0.253 e. The maximum atomic E-state index is 4.08. The Morgan fingerprint density at radius 1 is 1.36 bits per heavy atom. The second kappa shape index (κ2) is 2.06. The fraction of sp³-hybridized carbons (Fsp3) is 0.333. The Kier molecular flexibility index (Phi) is 1.19. The standard InChI is InChI=1S/C6H7N5/c1-7-6-5(9-4-11-6)2-8-3-10-6/h2-4,7H,1H3. The Morgan fingerprint density at radius 3 is 2.91 bits per heavy atom. The van der Waals surface area contributed by atoms with Crippen molar-refractivity contribution in [3.63, 3.8) is 0 Å². The number of fused-ring (bicyclic) bond motifs is 1. The van der Waals surface area contributed by atoms with Crippen LogP contribution in [0.25, 0.3) is 0 Å². The van der Waals surface area contributed by atoms with Crippen molar-refractivity contribution >= 4 is 24.6 Å². The van der Waals surface area contributed by atoms with Gasteiger partial charge in [0.15, 0.2) is 0 Å². The zero-order valence-electron chi connectivity index (χ0n) is 6.02. The lowest BCUT2D eigenvalue weighted by Crippen LogP contribution is -2.47. The normalized spacial score (nSPS) is 32.3. The number of nitrogens with one attached hydrogen (secondary N) is 1. The van der Waals surface area contributed by atoms with Gasteiger partial charge in [-0.2, -0.15) is 0 Å². The van der Waals surface area contributed by atoms with Gasteiger partial charge in [-0.3, -0.25) is 5.32 Å². The molecule has 2 aliphatic rings. The van der Waals surface area contributed by atoms with Gasteiger partial charge in [-0.05, 0) is 7.05 Å². The zero-order valence-corrected chi connectivity index (χ0v) is 6.02. The highest BCUT2D eigenvalue weighted by Gasteiger charge is 2.35. The van der Waals surface area contributed by atoms with Crippen LogP contribution in [-0.4, -0.2) is 37.4 Å². The van der Waals surface area contributed by atoms with Crippen LogP contribution in [0, 0.1) is 0 Å². The SMILES string of the molecule is CNC12N=CN=CC1=NC=N2. The van der Waals surface area contributed by atoms with Crippen molar-refractivity contribution in [1.82, 2.24) is 5.32 Å². The lowest BCUT2D eigenvalue weighted by Gasteiger charge is -2.21. The van der Waals surface area contributed by atoms with Crippen LogP contribution in [0.15, 0.2) is 20.0 Å². The van der Waals surface area contributed by atoms with E-state index in [0.717, 1.165) is 5.71 Å². The van der Waals surface area contributed by atoms with Crippen LogP contribution in [0.3, 0.4) is 0 Å². The maximum Gasteiger partial charge on any atom is 0.253 e. The first-order valence-corrected chi connectivity index (χ1v) is 3.25. The average molecular weight is 149 g/mol. The molecule has 0 fully saturated rings. The quantitative estimate of drug-likeness (QED) is 0.534. The zero-order chi connectivity index (χ0) is 7.73. The topological polar surface area (TPSA) is 61.5 Å². The highest BCUT2D eigenvalue weighted by Crippen LogP contribution is 2.15. The lowest BCUT2D eigenvalue weighted by molar-refractivity contribution is 0.529. The summed E-state index contributed by atoms with van der Waals surface area (Å²) in [5.74, 6) is -0.679. The largest absolute Gasteiger partial charge is 0.272 e. The minimum Gasteiger partial charge on any atom is -0.272 e. The molecular weight excluding hydrogens is 142 g/mol. The highest BCUT2D eigenvalue weighted by atomic mass is 15.3. The maximum absolute atomic E-state index is 4.08. The summed E-state index contributed by atoms with van der Waals surface area (Å²) in [6.45, 7) is 0. The van der Waals surface area contributed by atoms with Crippen molar-refractivity contribution in [3.05, 3.63) is 0 Å². The van der Waals surface area contributed by atoms with Crippen LogP contribution >= 0.6 is 0 Å². The Morgan fingerprint density at radius 2 is 2.18 bits per heavy atom. The van der Waals surface area contributed by atoms with Crippen LogP contribution in [0.1, 0.15) is 0 Å². The predicted molar refractivity (Wildman–Crippen MR) is 44.7 cm³/mol. The molecule has 5 nitrogen and oxygen atoms in total. The Balaban J connectivity index is 2.46. The summed E-state index contributed by atoms with van der Waals surface area (Å²) in [7, 11) is 1.79. The molecule has 0 aromatic carbocycles. The summed E-state index contributed by atoms with van der Waals surface area (Å²) in [4.78, 5) is 16.0. The number of aliphatic imine (C=N–C) groups is 4. The van der Waals surface area contributed by atoms with E-state index in [4.69, 9.17) is 0 Å². The molecule has 1 atom stereocenters. The Labute approximate surface area is 63.7 Å². The van der Waals surface area contributed by atoms with E-state index in [1.807, 2.05) is 0 Å². The molecule has 2 rings (SSSR count). The third kappa shape index (κ3) is 0.743. The Bertz CT molecular complexity index is 287. The molecule has 56 valence electrons. The number of nitrogens with zero attached hydrogens (tertiary/aromatic N) is 4. The lowest BCUT2D eigenvalue weighted by atomic mass is 10.2. The fourth-order valence-corrected chi connectivity index (χ4v) is 1.03. The molecule has 0 amide bonds. The van der Waals surface area contributed by atoms with Crippen LogP contribution in [0.5, 0.6) is 0 Å². The summed E-state index contributed by atoms with van der Waals surface area (Å²) in [5.41, 5.74) is 0.738. The summed E-state index contributed by atoms with van der Waals surface area (Å²) >= 11 is 0. The van der Waals surface area contributed by atoms with Gasteiger partial charge in [0, 0.05) is 0 Å². The minimum atomic E-state index is -0.679. The molecule has 0 spiro atoms. The number of hydrogen-bond donors (Lipinski definition) is 1. The summed E-state index contributed by atoms with van der Waals surface area (Å²) < 4.78 is 0. The molecule has 11 heavy (non-hydrogen) atoms. The number of rotatable bonds is 1. The first-order chi connectivity index (χ1) is 5.37. The number of hydrogen-bond acceptors (Lipinski definition) is 5. The third-order valence-corrected chi connectivity index (χ3v) is 1.66. The van der Waals surface area contributed by atoms with Crippen LogP contribution in [-0.2, 0) is 0 Å². The van der Waals surface area contributed by atoms with Crippen molar-refractivity contribution in [3.8, 4) is 0 Å². The van der Waals surface area contributed by atoms with Gasteiger partial charge in [0.2, 0.25) is 0 Å². The van der Waals surface area contributed by atoms with Crippen LogP contribution < -0.4 is 5.32 Å². The van der Waals surface area contributed by atoms with Gasteiger partial charge < -0.3 is 0 Å². The second-order valence-corrected chi connectivity index (χ2v) is 2.20. The van der Waals surface area contributed by atoms with Gasteiger partial charge >= 0.3 is 0 Å². The molecule has 2 aliphatic heterocycles. The van der Waals surface area contributed by atoms with E-state index in [1.165, 1.54) is 12.7 Å². The molecule has 0 radical (unpaired) electrons. The molecule has 0 bridgehead atoms. The van der Waals surface area contributed by atoms with Crippen LogP contribution in [0.2, 0.25) is 0 Å². The molecule has 0 aromatic heterocycles. The van der Waals surface area contributed by atoms with Crippen molar-refractivity contribution in [2.45, 2.75) is 5.79 Å². The minimum absolute atomic E-state index is 0.679. The molecule has 1 N–H and O–H groups in total. The molecule has 5 heteroatoms. The average Bonchev–Trinajstić information content (AvgIpc) is 2.48. The fourth-order valence-electron chi connectivity index (χ4n) is 1.03. The van der Waals surface area contributed by atoms with Crippen LogP contribution in [0.4, 0.5) is 0 Å². The molecular formula is C6H7N5. The van der Waals surface area contributed by atoms with E-state index in [-0.39, 0.29) is 0 Å². The molecule has 1 unspecified atom stereocenters. The van der Waals surface area contributed by atoms with Gasteiger partial charge in [0.25, 0.3) is 5.79 Å². The molecule has 0 aromatic rings. The van der Waals surface area contributed by atoms with Crippen molar-refractivity contribution < 1.29 is 0 Å². The van der Waals surface area contributed by atoms with E-state index in [1.54, 1.807) is 13.3 Å². The van der Waals surface area contributed by atoms with Crippen molar-refractivity contribution in [2.24, 2.45) is 20.0 Å². The van der Waals surface area contributed by atoms with Gasteiger partial charge in [-0.15, -0.1) is 0 Å². The third-order valence-electron chi connectivity index (χ3n) is 1.66.